The average Bonchev–Trinajstić information content (AvgIpc) is 2.92. The number of alkyl halides is 3. The molecule has 3 rings (SSSR count). The zero-order valence-electron chi connectivity index (χ0n) is 12.5. The fourth-order valence-electron chi connectivity index (χ4n) is 2.52. The van der Waals surface area contributed by atoms with Gasteiger partial charge in [0, 0.05) is 11.3 Å². The molecule has 1 N–H and O–H groups in total. The second kappa shape index (κ2) is 7.83. The Kier molecular flexibility index (Phi) is 6.68. The number of halogens is 4. The van der Waals surface area contributed by atoms with Crippen LogP contribution in [0.1, 0.15) is 43.9 Å². The third kappa shape index (κ3) is 3.93. The summed E-state index contributed by atoms with van der Waals surface area (Å²) in [5.74, 6) is 0.263. The quantitative estimate of drug-likeness (QED) is 0.815. The van der Waals surface area contributed by atoms with Crippen molar-refractivity contribution in [2.24, 2.45) is 0 Å². The van der Waals surface area contributed by atoms with Crippen molar-refractivity contribution in [2.75, 3.05) is 13.1 Å². The minimum Gasteiger partial charge on any atom is -0.356 e. The Balaban J connectivity index is 0.000000775. The van der Waals surface area contributed by atoms with Crippen molar-refractivity contribution in [3.63, 3.8) is 0 Å². The van der Waals surface area contributed by atoms with E-state index < -0.39 is 11.7 Å². The van der Waals surface area contributed by atoms with Gasteiger partial charge >= 0.3 is 6.18 Å². The van der Waals surface area contributed by atoms with E-state index in [-0.39, 0.29) is 23.9 Å². The smallest absolute Gasteiger partial charge is 0.356 e. The van der Waals surface area contributed by atoms with Gasteiger partial charge in [-0.25, -0.2) is 0 Å². The number of nitrogens with zero attached hydrogens (tertiary/aromatic N) is 1. The van der Waals surface area contributed by atoms with E-state index in [9.17, 15) is 13.2 Å². The van der Waals surface area contributed by atoms with Crippen LogP contribution in [0.4, 0.5) is 13.2 Å². The number of benzene rings is 1. The van der Waals surface area contributed by atoms with E-state index >= 15 is 0 Å². The highest BCUT2D eigenvalue weighted by molar-refractivity contribution is 5.85. The van der Waals surface area contributed by atoms with Crippen LogP contribution in [0, 0.1) is 0 Å². The maximum atomic E-state index is 12.6. The number of hydrogen-bond donors (Lipinski definition) is 1. The third-order valence-corrected chi connectivity index (χ3v) is 3.55. The Morgan fingerprint density at radius 3 is 2.41 bits per heavy atom. The lowest BCUT2D eigenvalue weighted by atomic mass is 9.92. The summed E-state index contributed by atoms with van der Waals surface area (Å²) in [5, 5.41) is 7.91. The van der Waals surface area contributed by atoms with Gasteiger partial charge in [0.15, 0.2) is 5.58 Å². The second-order valence-electron chi connectivity index (χ2n) is 4.80. The molecule has 0 bridgehead atoms. The lowest BCUT2D eigenvalue weighted by molar-refractivity contribution is -0.137. The molecule has 7 heteroatoms. The maximum absolute atomic E-state index is 12.6. The van der Waals surface area contributed by atoms with Gasteiger partial charge in [-0.15, -0.1) is 12.4 Å². The van der Waals surface area contributed by atoms with Crippen LogP contribution in [0.5, 0.6) is 0 Å². The van der Waals surface area contributed by atoms with Gasteiger partial charge in [-0.2, -0.15) is 13.2 Å². The highest BCUT2D eigenvalue weighted by atomic mass is 35.5. The minimum atomic E-state index is -4.35. The Hall–Kier alpha value is -1.27. The lowest BCUT2D eigenvalue weighted by Crippen LogP contribution is -2.26. The zero-order chi connectivity index (χ0) is 15.5. The summed E-state index contributed by atoms with van der Waals surface area (Å²) < 4.78 is 42.9. The first-order chi connectivity index (χ1) is 10.1. The van der Waals surface area contributed by atoms with E-state index in [1.165, 1.54) is 6.07 Å². The molecule has 0 saturated carbocycles. The number of fused-ring (bicyclic) bond motifs is 1. The monoisotopic (exact) mass is 336 g/mol. The molecule has 1 saturated heterocycles. The summed E-state index contributed by atoms with van der Waals surface area (Å²) >= 11 is 0. The van der Waals surface area contributed by atoms with E-state index in [2.05, 4.69) is 10.5 Å². The summed E-state index contributed by atoms with van der Waals surface area (Å²) in [6.07, 6.45) is -2.48. The summed E-state index contributed by atoms with van der Waals surface area (Å²) in [6.45, 7) is 5.80. The number of hydrogen-bond acceptors (Lipinski definition) is 3. The van der Waals surface area contributed by atoms with Crippen LogP contribution in [0.15, 0.2) is 22.7 Å². The van der Waals surface area contributed by atoms with Crippen LogP contribution in [0.2, 0.25) is 0 Å². The average molecular weight is 337 g/mol. The Bertz CT molecular complexity index is 592. The molecule has 22 heavy (non-hydrogen) atoms. The number of aromatic nitrogens is 1. The number of piperidine rings is 1. The lowest BCUT2D eigenvalue weighted by Gasteiger charge is -2.20. The normalized spacial score (nSPS) is 15.9. The van der Waals surface area contributed by atoms with Gasteiger partial charge in [-0.1, -0.05) is 19.0 Å². The summed E-state index contributed by atoms with van der Waals surface area (Å²) in [7, 11) is 0. The molecule has 0 radical (unpaired) electrons. The standard InChI is InChI=1S/C13H13F3N2O.C2H6.ClH/c14-13(15,16)9-1-2-10-11(7-9)19-18-12(10)8-3-5-17-6-4-8;1-2;/h1-2,7-8,17H,3-6H2;1-2H3;1H. The van der Waals surface area contributed by atoms with Crippen LogP contribution in [-0.4, -0.2) is 18.2 Å². The number of nitrogens with one attached hydrogen (secondary N) is 1. The van der Waals surface area contributed by atoms with E-state index in [1.807, 2.05) is 13.8 Å². The fraction of sp³-hybridized carbons (Fsp3) is 0.533. The summed E-state index contributed by atoms with van der Waals surface area (Å²) in [4.78, 5) is 0. The molecule has 0 unspecified atom stereocenters. The Labute approximate surface area is 133 Å². The molecule has 2 aromatic rings. The summed E-state index contributed by atoms with van der Waals surface area (Å²) in [5.41, 5.74) is 0.293. The molecule has 0 amide bonds. The molecule has 0 aliphatic carbocycles. The predicted molar refractivity (Wildman–Crippen MR) is 82.5 cm³/mol. The summed E-state index contributed by atoms with van der Waals surface area (Å²) in [6, 6.07) is 3.57. The van der Waals surface area contributed by atoms with Crippen molar-refractivity contribution in [2.45, 2.75) is 38.8 Å². The van der Waals surface area contributed by atoms with Gasteiger partial charge in [0.25, 0.3) is 0 Å². The topological polar surface area (TPSA) is 38.1 Å². The van der Waals surface area contributed by atoms with Gasteiger partial charge in [0.2, 0.25) is 0 Å². The molecule has 1 aliphatic rings. The molecule has 1 aromatic carbocycles. The first-order valence-corrected chi connectivity index (χ1v) is 7.23. The van der Waals surface area contributed by atoms with Crippen molar-refractivity contribution >= 4 is 23.4 Å². The minimum absolute atomic E-state index is 0. The Morgan fingerprint density at radius 1 is 1.18 bits per heavy atom. The molecule has 0 spiro atoms. The first kappa shape index (κ1) is 18.8. The molecule has 1 aromatic heterocycles. The van der Waals surface area contributed by atoms with Crippen molar-refractivity contribution in [1.29, 1.82) is 0 Å². The van der Waals surface area contributed by atoms with Gasteiger partial charge < -0.3 is 9.84 Å². The SMILES string of the molecule is CC.Cl.FC(F)(F)c1ccc2c(C3CCNCC3)noc2c1. The van der Waals surface area contributed by atoms with E-state index in [1.54, 1.807) is 0 Å². The highest BCUT2D eigenvalue weighted by Crippen LogP contribution is 2.35. The second-order valence-corrected chi connectivity index (χ2v) is 4.80. The number of rotatable bonds is 1. The third-order valence-electron chi connectivity index (χ3n) is 3.55. The predicted octanol–water partition coefficient (Wildman–Crippen LogP) is 4.76. The Morgan fingerprint density at radius 2 is 1.82 bits per heavy atom. The molecule has 0 atom stereocenters. The maximum Gasteiger partial charge on any atom is 0.416 e. The van der Waals surface area contributed by atoms with Gasteiger partial charge in [-0.05, 0) is 44.1 Å². The highest BCUT2D eigenvalue weighted by Gasteiger charge is 2.31. The van der Waals surface area contributed by atoms with E-state index in [0.717, 1.165) is 43.8 Å². The van der Waals surface area contributed by atoms with Gasteiger partial charge in [0.05, 0.1) is 11.3 Å². The molecule has 124 valence electrons. The fourth-order valence-corrected chi connectivity index (χ4v) is 2.52. The molecule has 3 nitrogen and oxygen atoms in total. The van der Waals surface area contributed by atoms with Crippen molar-refractivity contribution in [3.8, 4) is 0 Å². The largest absolute Gasteiger partial charge is 0.416 e. The van der Waals surface area contributed by atoms with Crippen molar-refractivity contribution in [3.05, 3.63) is 29.5 Å². The van der Waals surface area contributed by atoms with E-state index in [4.69, 9.17) is 4.52 Å². The van der Waals surface area contributed by atoms with Gasteiger partial charge in [0.1, 0.15) is 0 Å². The van der Waals surface area contributed by atoms with Crippen LogP contribution >= 0.6 is 12.4 Å². The first-order valence-electron chi connectivity index (χ1n) is 7.23. The van der Waals surface area contributed by atoms with Crippen LogP contribution in [-0.2, 0) is 6.18 Å². The van der Waals surface area contributed by atoms with Crippen LogP contribution < -0.4 is 5.32 Å². The molecule has 1 aliphatic heterocycles. The molecular formula is C15H20ClF3N2O. The van der Waals surface area contributed by atoms with Crippen molar-refractivity contribution in [1.82, 2.24) is 10.5 Å². The van der Waals surface area contributed by atoms with Crippen LogP contribution in [0.3, 0.4) is 0 Å². The molecule has 1 fully saturated rings. The van der Waals surface area contributed by atoms with Crippen LogP contribution in [0.25, 0.3) is 11.0 Å². The zero-order valence-corrected chi connectivity index (χ0v) is 13.4. The van der Waals surface area contributed by atoms with Gasteiger partial charge in [-0.3, -0.25) is 0 Å². The molecule has 2 heterocycles. The van der Waals surface area contributed by atoms with E-state index in [0.29, 0.717) is 5.39 Å². The molecular weight excluding hydrogens is 317 g/mol. The van der Waals surface area contributed by atoms with Crippen molar-refractivity contribution < 1.29 is 17.7 Å².